The molecule has 150 valence electrons. The molecule has 1 fully saturated rings. The molecule has 0 atom stereocenters. The van der Waals surface area contributed by atoms with E-state index in [0.29, 0.717) is 24.3 Å². The van der Waals surface area contributed by atoms with E-state index in [9.17, 15) is 13.2 Å². The van der Waals surface area contributed by atoms with E-state index in [1.54, 1.807) is 18.2 Å². The van der Waals surface area contributed by atoms with Crippen LogP contribution in [0, 0.1) is 20.8 Å². The molecule has 0 aromatic heterocycles. The average Bonchev–Trinajstić information content (AvgIpc) is 2.64. The Hall–Kier alpha value is -2.54. The lowest BCUT2D eigenvalue weighted by Gasteiger charge is -2.37. The Morgan fingerprint density at radius 1 is 0.964 bits per heavy atom. The Balaban J connectivity index is 1.72. The van der Waals surface area contributed by atoms with Gasteiger partial charge >= 0.3 is 0 Å². The first kappa shape index (κ1) is 20.2. The second-order valence-corrected chi connectivity index (χ2v) is 9.15. The Kier molecular flexibility index (Phi) is 5.65. The van der Waals surface area contributed by atoms with E-state index in [0.717, 1.165) is 24.9 Å². The molecule has 1 aliphatic rings. The fourth-order valence-corrected chi connectivity index (χ4v) is 4.10. The summed E-state index contributed by atoms with van der Waals surface area (Å²) in [5, 5.41) is 0. The molecule has 0 radical (unpaired) electrons. The van der Waals surface area contributed by atoms with Crippen LogP contribution in [0.2, 0.25) is 0 Å². The molecule has 1 N–H and O–H groups in total. The summed E-state index contributed by atoms with van der Waals surface area (Å²) in [6, 6.07) is 11.4. The van der Waals surface area contributed by atoms with Gasteiger partial charge in [-0.2, -0.15) is 0 Å². The number of piperazine rings is 1. The molecule has 1 saturated heterocycles. The van der Waals surface area contributed by atoms with E-state index in [2.05, 4.69) is 41.7 Å². The fraction of sp³-hybridized carbons (Fsp3) is 0.381. The maximum absolute atomic E-state index is 12.9. The van der Waals surface area contributed by atoms with Gasteiger partial charge in [0.15, 0.2) is 0 Å². The third-order valence-electron chi connectivity index (χ3n) is 5.26. The maximum atomic E-state index is 12.9. The van der Waals surface area contributed by atoms with Crippen LogP contribution in [0.25, 0.3) is 0 Å². The Labute approximate surface area is 167 Å². The summed E-state index contributed by atoms with van der Waals surface area (Å²) in [5.74, 6) is -0.0721. The van der Waals surface area contributed by atoms with Crippen LogP contribution in [0.1, 0.15) is 27.0 Å². The number of nitrogens with zero attached hydrogens (tertiary/aromatic N) is 2. The maximum Gasteiger partial charge on any atom is 0.254 e. The topological polar surface area (TPSA) is 69.7 Å². The number of anilines is 2. The predicted octanol–water partition coefficient (Wildman–Crippen LogP) is 2.95. The second-order valence-electron chi connectivity index (χ2n) is 7.40. The van der Waals surface area contributed by atoms with Crippen molar-refractivity contribution in [3.63, 3.8) is 0 Å². The third-order valence-corrected chi connectivity index (χ3v) is 5.85. The minimum absolute atomic E-state index is 0.0721. The van der Waals surface area contributed by atoms with E-state index < -0.39 is 10.0 Å². The largest absolute Gasteiger partial charge is 0.368 e. The van der Waals surface area contributed by atoms with E-state index >= 15 is 0 Å². The molecule has 1 aliphatic heterocycles. The van der Waals surface area contributed by atoms with Crippen LogP contribution in [0.4, 0.5) is 11.4 Å². The highest BCUT2D eigenvalue weighted by Gasteiger charge is 2.23. The number of rotatable bonds is 4. The number of aryl methyl sites for hydroxylation is 2. The van der Waals surface area contributed by atoms with Crippen molar-refractivity contribution < 1.29 is 13.2 Å². The Morgan fingerprint density at radius 2 is 1.64 bits per heavy atom. The molecular weight excluding hydrogens is 374 g/mol. The summed E-state index contributed by atoms with van der Waals surface area (Å²) in [6.45, 7) is 8.87. The highest BCUT2D eigenvalue weighted by Crippen LogP contribution is 2.25. The van der Waals surface area contributed by atoms with Crippen LogP contribution in [0.15, 0.2) is 36.4 Å². The number of sulfonamides is 1. The molecule has 6 nitrogen and oxygen atoms in total. The van der Waals surface area contributed by atoms with Gasteiger partial charge in [0.25, 0.3) is 5.91 Å². The molecule has 28 heavy (non-hydrogen) atoms. The highest BCUT2D eigenvalue weighted by molar-refractivity contribution is 7.92. The monoisotopic (exact) mass is 401 g/mol. The minimum atomic E-state index is -3.39. The molecule has 0 saturated carbocycles. The standard InChI is InChI=1S/C21H27N3O3S/c1-15-6-5-7-20(17(15)3)23-10-12-24(13-11-23)21(25)18-9-8-16(2)19(14-18)22-28(4,26)27/h5-9,14,22H,10-13H2,1-4H3. The zero-order valence-electron chi connectivity index (χ0n) is 16.8. The van der Waals surface area contributed by atoms with Gasteiger partial charge in [0.05, 0.1) is 11.9 Å². The van der Waals surface area contributed by atoms with Gasteiger partial charge in [-0.05, 0) is 55.7 Å². The van der Waals surface area contributed by atoms with Crippen LogP contribution < -0.4 is 9.62 Å². The summed E-state index contributed by atoms with van der Waals surface area (Å²) >= 11 is 0. The smallest absolute Gasteiger partial charge is 0.254 e. The van der Waals surface area contributed by atoms with E-state index in [1.807, 2.05) is 11.8 Å². The summed E-state index contributed by atoms with van der Waals surface area (Å²) in [6.07, 6.45) is 1.10. The van der Waals surface area contributed by atoms with Gasteiger partial charge in [-0.3, -0.25) is 9.52 Å². The second kappa shape index (κ2) is 7.83. The van der Waals surface area contributed by atoms with Crippen molar-refractivity contribution in [2.45, 2.75) is 20.8 Å². The van der Waals surface area contributed by atoms with Crippen molar-refractivity contribution >= 4 is 27.3 Å². The summed E-state index contributed by atoms with van der Waals surface area (Å²) in [7, 11) is -3.39. The first-order valence-corrected chi connectivity index (χ1v) is 11.2. The predicted molar refractivity (Wildman–Crippen MR) is 114 cm³/mol. The fourth-order valence-electron chi connectivity index (χ4n) is 3.48. The first-order valence-electron chi connectivity index (χ1n) is 9.34. The number of hydrogen-bond donors (Lipinski definition) is 1. The van der Waals surface area contributed by atoms with Gasteiger partial charge in [0.2, 0.25) is 10.0 Å². The van der Waals surface area contributed by atoms with Gasteiger partial charge in [-0.1, -0.05) is 18.2 Å². The Bertz CT molecular complexity index is 994. The van der Waals surface area contributed by atoms with Crippen LogP contribution in [-0.4, -0.2) is 51.7 Å². The number of benzene rings is 2. The van der Waals surface area contributed by atoms with Crippen molar-refractivity contribution in [3.05, 3.63) is 58.7 Å². The van der Waals surface area contributed by atoms with E-state index in [1.165, 1.54) is 16.8 Å². The van der Waals surface area contributed by atoms with Crippen LogP contribution in [-0.2, 0) is 10.0 Å². The number of carbonyl (C=O) groups excluding carboxylic acids is 1. The van der Waals surface area contributed by atoms with Gasteiger partial charge in [-0.25, -0.2) is 8.42 Å². The third kappa shape index (κ3) is 4.47. The van der Waals surface area contributed by atoms with Crippen LogP contribution in [0.5, 0.6) is 0 Å². The van der Waals surface area contributed by atoms with Crippen LogP contribution >= 0.6 is 0 Å². The van der Waals surface area contributed by atoms with Gasteiger partial charge in [-0.15, -0.1) is 0 Å². The minimum Gasteiger partial charge on any atom is -0.368 e. The van der Waals surface area contributed by atoms with Crippen molar-refractivity contribution in [2.75, 3.05) is 42.1 Å². The zero-order valence-corrected chi connectivity index (χ0v) is 17.6. The molecule has 0 bridgehead atoms. The molecule has 0 spiro atoms. The van der Waals surface area contributed by atoms with Crippen molar-refractivity contribution in [1.82, 2.24) is 4.90 Å². The number of carbonyl (C=O) groups is 1. The van der Waals surface area contributed by atoms with Crippen molar-refractivity contribution in [3.8, 4) is 0 Å². The number of nitrogens with one attached hydrogen (secondary N) is 1. The van der Waals surface area contributed by atoms with Crippen LogP contribution in [0.3, 0.4) is 0 Å². The molecule has 0 unspecified atom stereocenters. The van der Waals surface area contributed by atoms with E-state index in [4.69, 9.17) is 0 Å². The zero-order chi connectivity index (χ0) is 20.5. The highest BCUT2D eigenvalue weighted by atomic mass is 32.2. The van der Waals surface area contributed by atoms with Gasteiger partial charge in [0, 0.05) is 37.4 Å². The molecule has 3 rings (SSSR count). The normalized spacial score (nSPS) is 14.9. The SMILES string of the molecule is Cc1ccc(C(=O)N2CCN(c3cccc(C)c3C)CC2)cc1NS(C)(=O)=O. The Morgan fingerprint density at radius 3 is 2.29 bits per heavy atom. The number of hydrogen-bond acceptors (Lipinski definition) is 4. The summed E-state index contributed by atoms with van der Waals surface area (Å²) in [5.41, 5.74) is 5.49. The van der Waals surface area contributed by atoms with Gasteiger partial charge in [0.1, 0.15) is 0 Å². The van der Waals surface area contributed by atoms with E-state index in [-0.39, 0.29) is 5.91 Å². The average molecular weight is 402 g/mol. The lowest BCUT2D eigenvalue weighted by molar-refractivity contribution is 0.0747. The molecular formula is C21H27N3O3S. The summed E-state index contributed by atoms with van der Waals surface area (Å²) in [4.78, 5) is 17.1. The molecule has 2 aromatic rings. The molecule has 2 aromatic carbocycles. The van der Waals surface area contributed by atoms with Crippen molar-refractivity contribution in [2.24, 2.45) is 0 Å². The quantitative estimate of drug-likeness (QED) is 0.855. The number of amides is 1. The van der Waals surface area contributed by atoms with Crippen molar-refractivity contribution in [1.29, 1.82) is 0 Å². The van der Waals surface area contributed by atoms with Gasteiger partial charge < -0.3 is 9.80 Å². The molecule has 0 aliphatic carbocycles. The lowest BCUT2D eigenvalue weighted by atomic mass is 10.1. The molecule has 7 heteroatoms. The first-order chi connectivity index (χ1) is 13.2. The molecule has 1 amide bonds. The summed E-state index contributed by atoms with van der Waals surface area (Å²) < 4.78 is 25.6. The molecule has 1 heterocycles. The lowest BCUT2D eigenvalue weighted by Crippen LogP contribution is -2.49.